The number of nitrogens with one attached hydrogen (secondary N) is 2. The van der Waals surface area contributed by atoms with Crippen LogP contribution in [0.3, 0.4) is 0 Å². The lowest BCUT2D eigenvalue weighted by Gasteiger charge is -2.18. The van der Waals surface area contributed by atoms with Gasteiger partial charge in [0.05, 0.1) is 19.1 Å². The maximum Gasteiger partial charge on any atom is 0.227 e. The van der Waals surface area contributed by atoms with Gasteiger partial charge in [0.15, 0.2) is 0 Å². The average Bonchev–Trinajstić information content (AvgIpc) is 2.92. The standard InChI is InChI=1S/C15H21FN2O2/c1-2-7-17-14-10-20-9-12(14)15(19)18-8-11-5-3-4-6-13(11)16/h3-6,12,14,17H,2,7-10H2,1H3,(H,18,19). The summed E-state index contributed by atoms with van der Waals surface area (Å²) in [6, 6.07) is 6.51. The van der Waals surface area contributed by atoms with Crippen LogP contribution in [0.25, 0.3) is 0 Å². The van der Waals surface area contributed by atoms with Gasteiger partial charge in [0.1, 0.15) is 5.82 Å². The van der Waals surface area contributed by atoms with E-state index >= 15 is 0 Å². The van der Waals surface area contributed by atoms with E-state index in [1.165, 1.54) is 6.07 Å². The van der Waals surface area contributed by atoms with Crippen molar-refractivity contribution in [3.8, 4) is 0 Å². The third-order valence-electron chi connectivity index (χ3n) is 3.48. The molecule has 110 valence electrons. The Labute approximate surface area is 118 Å². The smallest absolute Gasteiger partial charge is 0.227 e. The number of carbonyl (C=O) groups is 1. The highest BCUT2D eigenvalue weighted by Crippen LogP contribution is 2.14. The predicted molar refractivity (Wildman–Crippen MR) is 74.6 cm³/mol. The molecule has 1 aliphatic rings. The van der Waals surface area contributed by atoms with Gasteiger partial charge in [-0.1, -0.05) is 25.1 Å². The molecule has 1 amide bonds. The van der Waals surface area contributed by atoms with Crippen molar-refractivity contribution in [3.63, 3.8) is 0 Å². The van der Waals surface area contributed by atoms with Crippen LogP contribution in [0.15, 0.2) is 24.3 Å². The molecule has 2 rings (SSSR count). The minimum absolute atomic E-state index is 0.0515. The molecule has 0 aliphatic carbocycles. The Hall–Kier alpha value is -1.46. The van der Waals surface area contributed by atoms with Gasteiger partial charge in [-0.3, -0.25) is 4.79 Å². The molecule has 1 saturated heterocycles. The molecule has 1 aliphatic heterocycles. The number of ether oxygens (including phenoxy) is 1. The lowest BCUT2D eigenvalue weighted by Crippen LogP contribution is -2.44. The van der Waals surface area contributed by atoms with Crippen molar-refractivity contribution >= 4 is 5.91 Å². The summed E-state index contributed by atoms with van der Waals surface area (Å²) in [6.45, 7) is 4.13. The predicted octanol–water partition coefficient (Wildman–Crippen LogP) is 1.46. The van der Waals surface area contributed by atoms with Crippen molar-refractivity contribution in [2.45, 2.75) is 25.9 Å². The third-order valence-corrected chi connectivity index (χ3v) is 3.48. The number of amides is 1. The Morgan fingerprint density at radius 2 is 2.20 bits per heavy atom. The van der Waals surface area contributed by atoms with Gasteiger partial charge in [-0.15, -0.1) is 0 Å². The average molecular weight is 280 g/mol. The first-order valence-electron chi connectivity index (χ1n) is 7.04. The second kappa shape index (κ2) is 7.36. The molecule has 0 saturated carbocycles. The van der Waals surface area contributed by atoms with Crippen molar-refractivity contribution in [1.82, 2.24) is 10.6 Å². The van der Waals surface area contributed by atoms with Crippen LogP contribution in [0.2, 0.25) is 0 Å². The molecule has 2 unspecified atom stereocenters. The fourth-order valence-electron chi connectivity index (χ4n) is 2.30. The number of benzene rings is 1. The van der Waals surface area contributed by atoms with Crippen molar-refractivity contribution < 1.29 is 13.9 Å². The summed E-state index contributed by atoms with van der Waals surface area (Å²) >= 11 is 0. The van der Waals surface area contributed by atoms with Gasteiger partial charge in [0, 0.05) is 18.2 Å². The van der Waals surface area contributed by atoms with E-state index < -0.39 is 0 Å². The molecule has 1 fully saturated rings. The number of hydrogen-bond acceptors (Lipinski definition) is 3. The zero-order chi connectivity index (χ0) is 14.4. The molecule has 1 heterocycles. The first kappa shape index (κ1) is 14.9. The Kier molecular flexibility index (Phi) is 5.49. The van der Waals surface area contributed by atoms with Crippen molar-refractivity contribution in [3.05, 3.63) is 35.6 Å². The molecule has 0 spiro atoms. The minimum atomic E-state index is -0.295. The van der Waals surface area contributed by atoms with Crippen molar-refractivity contribution in [2.75, 3.05) is 19.8 Å². The quantitative estimate of drug-likeness (QED) is 0.829. The molecule has 0 bridgehead atoms. The van der Waals surface area contributed by atoms with Gasteiger partial charge in [-0.25, -0.2) is 4.39 Å². The second-order valence-corrected chi connectivity index (χ2v) is 5.01. The monoisotopic (exact) mass is 280 g/mol. The molecule has 2 N–H and O–H groups in total. The highest BCUT2D eigenvalue weighted by molar-refractivity contribution is 5.79. The van der Waals surface area contributed by atoms with E-state index in [1.807, 2.05) is 0 Å². The zero-order valence-electron chi connectivity index (χ0n) is 11.7. The van der Waals surface area contributed by atoms with Crippen LogP contribution < -0.4 is 10.6 Å². The first-order valence-corrected chi connectivity index (χ1v) is 7.04. The topological polar surface area (TPSA) is 50.4 Å². The van der Waals surface area contributed by atoms with E-state index in [1.54, 1.807) is 18.2 Å². The molecule has 20 heavy (non-hydrogen) atoms. The number of halogens is 1. The molecular formula is C15H21FN2O2. The zero-order valence-corrected chi connectivity index (χ0v) is 11.7. The molecule has 0 aromatic heterocycles. The Bertz CT molecular complexity index is 453. The fourth-order valence-corrected chi connectivity index (χ4v) is 2.30. The van der Waals surface area contributed by atoms with E-state index in [0.29, 0.717) is 18.8 Å². The van der Waals surface area contributed by atoms with Crippen LogP contribution in [0.4, 0.5) is 4.39 Å². The Morgan fingerprint density at radius 3 is 2.95 bits per heavy atom. The summed E-state index contributed by atoms with van der Waals surface area (Å²) in [7, 11) is 0. The lowest BCUT2D eigenvalue weighted by atomic mass is 10.0. The number of hydrogen-bond donors (Lipinski definition) is 2. The van der Waals surface area contributed by atoms with Gasteiger partial charge < -0.3 is 15.4 Å². The van der Waals surface area contributed by atoms with Gasteiger partial charge in [-0.2, -0.15) is 0 Å². The van der Waals surface area contributed by atoms with Crippen LogP contribution >= 0.6 is 0 Å². The summed E-state index contributed by atoms with van der Waals surface area (Å²) in [6.07, 6.45) is 1.01. The molecule has 4 nitrogen and oxygen atoms in total. The van der Waals surface area contributed by atoms with Gasteiger partial charge >= 0.3 is 0 Å². The van der Waals surface area contributed by atoms with Crippen LogP contribution in [0.5, 0.6) is 0 Å². The SMILES string of the molecule is CCCNC1COCC1C(=O)NCc1ccccc1F. The molecule has 1 aromatic rings. The molecular weight excluding hydrogens is 259 g/mol. The largest absolute Gasteiger partial charge is 0.379 e. The lowest BCUT2D eigenvalue weighted by molar-refractivity contribution is -0.125. The highest BCUT2D eigenvalue weighted by Gasteiger charge is 2.33. The van der Waals surface area contributed by atoms with Crippen molar-refractivity contribution in [2.24, 2.45) is 5.92 Å². The summed E-state index contributed by atoms with van der Waals surface area (Å²) < 4.78 is 18.8. The normalized spacial score (nSPS) is 21.9. The second-order valence-electron chi connectivity index (χ2n) is 5.01. The van der Waals surface area contributed by atoms with Crippen LogP contribution in [-0.2, 0) is 16.1 Å². The molecule has 1 aromatic carbocycles. The van der Waals surface area contributed by atoms with E-state index in [2.05, 4.69) is 17.6 Å². The molecule has 2 atom stereocenters. The maximum absolute atomic E-state index is 13.5. The summed E-state index contributed by atoms with van der Waals surface area (Å²) in [5.41, 5.74) is 0.498. The van der Waals surface area contributed by atoms with Gasteiger partial charge in [0.25, 0.3) is 0 Å². The van der Waals surface area contributed by atoms with E-state index in [9.17, 15) is 9.18 Å². The molecule has 5 heteroatoms. The number of carbonyl (C=O) groups excluding carboxylic acids is 1. The summed E-state index contributed by atoms with van der Waals surface area (Å²) in [4.78, 5) is 12.1. The third kappa shape index (κ3) is 3.77. The summed E-state index contributed by atoms with van der Waals surface area (Å²) in [5, 5.41) is 6.10. The van der Waals surface area contributed by atoms with Crippen LogP contribution in [0, 0.1) is 11.7 Å². The van der Waals surface area contributed by atoms with E-state index in [0.717, 1.165) is 13.0 Å². The first-order chi connectivity index (χ1) is 9.72. The minimum Gasteiger partial charge on any atom is -0.379 e. The van der Waals surface area contributed by atoms with Crippen LogP contribution in [0.1, 0.15) is 18.9 Å². The molecule has 0 radical (unpaired) electrons. The maximum atomic E-state index is 13.5. The fraction of sp³-hybridized carbons (Fsp3) is 0.533. The summed E-state index contributed by atoms with van der Waals surface area (Å²) in [5.74, 6) is -0.580. The van der Waals surface area contributed by atoms with Gasteiger partial charge in [0.2, 0.25) is 5.91 Å². The number of rotatable bonds is 6. The Balaban J connectivity index is 1.86. The van der Waals surface area contributed by atoms with Crippen LogP contribution in [-0.4, -0.2) is 31.7 Å². The van der Waals surface area contributed by atoms with E-state index in [4.69, 9.17) is 4.74 Å². The highest BCUT2D eigenvalue weighted by atomic mass is 19.1. The Morgan fingerprint density at radius 1 is 1.40 bits per heavy atom. The van der Waals surface area contributed by atoms with Crippen molar-refractivity contribution in [1.29, 1.82) is 0 Å². The van der Waals surface area contributed by atoms with E-state index in [-0.39, 0.29) is 30.2 Å². The van der Waals surface area contributed by atoms with Gasteiger partial charge in [-0.05, 0) is 19.0 Å².